The standard InChI is InChI=1S/C29H38N5O16P/c1-28(2)46-23-19(45-26(29(23,3)50-28)34-12-11-20(30)31-27(34)40)15-44-22(37)14-18(33-43-5)25(39)49-51(41,47-16-9-7-6-8-10-16)48-24(38)17(32-42-4)13-21(35)36/h6-12,17-19,23,26,32-33H,13-15H2,1-5H3,(H,35,36)(H2,30,31,40)/t17-,18-,19+,23+,26+,29+,51?/m0/s1. The number of esters is 1. The second-order valence-corrected chi connectivity index (χ2v) is 13.1. The number of hydrogen-bond donors (Lipinski definition) is 4. The number of ether oxygens (including phenoxy) is 4. The van der Waals surface area contributed by atoms with Gasteiger partial charge >= 0.3 is 37.4 Å². The Morgan fingerprint density at radius 3 is 2.20 bits per heavy atom. The highest BCUT2D eigenvalue weighted by Crippen LogP contribution is 2.51. The summed E-state index contributed by atoms with van der Waals surface area (Å²) >= 11 is 0. The first kappa shape index (κ1) is 39.3. The molecular weight excluding hydrogens is 705 g/mol. The predicted octanol–water partition coefficient (Wildman–Crippen LogP) is 0.354. The van der Waals surface area contributed by atoms with Crippen LogP contribution in [0, 0.1) is 0 Å². The Kier molecular flexibility index (Phi) is 12.5. The van der Waals surface area contributed by atoms with Crippen molar-refractivity contribution in [2.45, 2.75) is 75.5 Å². The van der Waals surface area contributed by atoms with Gasteiger partial charge in [-0.3, -0.25) is 14.2 Å². The highest BCUT2D eigenvalue weighted by molar-refractivity contribution is 7.50. The number of carboxylic acids is 1. The molecule has 51 heavy (non-hydrogen) atoms. The topological polar surface area (TPSA) is 274 Å². The number of hydroxylamine groups is 2. The lowest BCUT2D eigenvalue weighted by atomic mass is 9.96. The summed E-state index contributed by atoms with van der Waals surface area (Å²) in [7, 11) is -3.03. The van der Waals surface area contributed by atoms with Gasteiger partial charge in [0.2, 0.25) is 0 Å². The number of carbonyl (C=O) groups excluding carboxylic acids is 3. The van der Waals surface area contributed by atoms with Gasteiger partial charge in [-0.05, 0) is 39.0 Å². The van der Waals surface area contributed by atoms with Gasteiger partial charge in [-0.25, -0.2) is 14.4 Å². The number of rotatable bonds is 17. The molecule has 0 radical (unpaired) electrons. The summed E-state index contributed by atoms with van der Waals surface area (Å²) in [5.74, 6) is -6.66. The van der Waals surface area contributed by atoms with E-state index in [0.29, 0.717) is 0 Å². The number of fused-ring (bicyclic) bond motifs is 1. The Hall–Kier alpha value is -4.47. The number of phosphoric ester groups is 1. The molecule has 1 aromatic heterocycles. The lowest BCUT2D eigenvalue weighted by Gasteiger charge is -2.30. The van der Waals surface area contributed by atoms with E-state index >= 15 is 0 Å². The van der Waals surface area contributed by atoms with E-state index in [9.17, 15) is 28.5 Å². The van der Waals surface area contributed by atoms with Crippen molar-refractivity contribution in [3.8, 4) is 5.75 Å². The van der Waals surface area contributed by atoms with Crippen LogP contribution in [0.25, 0.3) is 0 Å². The quantitative estimate of drug-likeness (QED) is 0.0966. The van der Waals surface area contributed by atoms with Crippen molar-refractivity contribution < 1.29 is 71.0 Å². The molecule has 2 aliphatic heterocycles. The van der Waals surface area contributed by atoms with Gasteiger partial charge in [0.15, 0.2) is 12.0 Å². The van der Waals surface area contributed by atoms with Crippen LogP contribution in [0.5, 0.6) is 5.75 Å². The third-order valence-electron chi connectivity index (χ3n) is 7.29. The molecule has 0 spiro atoms. The number of aliphatic carboxylic acids is 1. The molecule has 2 fully saturated rings. The van der Waals surface area contributed by atoms with Crippen LogP contribution in [0.2, 0.25) is 0 Å². The van der Waals surface area contributed by atoms with E-state index in [1.165, 1.54) is 41.1 Å². The van der Waals surface area contributed by atoms with Crippen molar-refractivity contribution in [1.82, 2.24) is 20.5 Å². The molecular formula is C29H38N5O16P. The lowest BCUT2D eigenvalue weighted by molar-refractivity contribution is -0.219. The highest BCUT2D eigenvalue weighted by Gasteiger charge is 2.64. The van der Waals surface area contributed by atoms with Gasteiger partial charge in [-0.1, -0.05) is 18.2 Å². The summed E-state index contributed by atoms with van der Waals surface area (Å²) in [5, 5.41) is 9.14. The molecule has 0 saturated carbocycles. The number of benzene rings is 1. The van der Waals surface area contributed by atoms with Gasteiger partial charge in [0.1, 0.15) is 48.1 Å². The van der Waals surface area contributed by atoms with E-state index in [1.54, 1.807) is 26.8 Å². The van der Waals surface area contributed by atoms with Crippen LogP contribution < -0.4 is 26.9 Å². The molecule has 0 bridgehead atoms. The fourth-order valence-corrected chi connectivity index (χ4v) is 6.52. The molecule has 5 N–H and O–H groups in total. The number of para-hydroxylation sites is 1. The number of hydrogen-bond acceptors (Lipinski definition) is 19. The van der Waals surface area contributed by atoms with Gasteiger partial charge in [-0.15, -0.1) is 0 Å². The number of nitrogens with one attached hydrogen (secondary N) is 2. The van der Waals surface area contributed by atoms with Crippen LogP contribution in [-0.2, 0) is 61.4 Å². The molecule has 0 amide bonds. The normalized spacial score (nSPS) is 24.4. The maximum Gasteiger partial charge on any atom is 0.651 e. The fourth-order valence-electron chi connectivity index (χ4n) is 5.34. The highest BCUT2D eigenvalue weighted by atomic mass is 31.2. The molecule has 7 atom stereocenters. The van der Waals surface area contributed by atoms with E-state index in [1.807, 2.05) is 0 Å². The van der Waals surface area contributed by atoms with E-state index in [0.717, 1.165) is 14.2 Å². The van der Waals surface area contributed by atoms with Crippen LogP contribution >= 0.6 is 7.82 Å². The van der Waals surface area contributed by atoms with Crippen molar-refractivity contribution in [3.05, 3.63) is 53.1 Å². The zero-order valence-corrected chi connectivity index (χ0v) is 28.9. The van der Waals surface area contributed by atoms with Crippen LogP contribution in [0.4, 0.5) is 5.82 Å². The van der Waals surface area contributed by atoms with Crippen molar-refractivity contribution in [1.29, 1.82) is 0 Å². The number of nitrogens with two attached hydrogens (primary N) is 1. The van der Waals surface area contributed by atoms with Crippen molar-refractivity contribution in [3.63, 3.8) is 0 Å². The predicted molar refractivity (Wildman–Crippen MR) is 168 cm³/mol. The first-order valence-corrected chi connectivity index (χ1v) is 16.6. The molecule has 4 rings (SSSR count). The fraction of sp³-hybridized carbons (Fsp3) is 0.517. The smallest absolute Gasteiger partial charge is 0.481 e. The molecule has 21 nitrogen and oxygen atoms in total. The van der Waals surface area contributed by atoms with Gasteiger partial charge in [0, 0.05) is 6.20 Å². The first-order valence-electron chi connectivity index (χ1n) is 15.1. The number of carboxylic acid groups (broad SMARTS) is 1. The van der Waals surface area contributed by atoms with E-state index < -0.39 is 98.7 Å². The zero-order valence-electron chi connectivity index (χ0n) is 28.0. The van der Waals surface area contributed by atoms with Gasteiger partial charge in [0.05, 0.1) is 27.1 Å². The van der Waals surface area contributed by atoms with Gasteiger partial charge in [-0.2, -0.15) is 20.5 Å². The average molecular weight is 744 g/mol. The summed E-state index contributed by atoms with van der Waals surface area (Å²) in [4.78, 5) is 76.1. The van der Waals surface area contributed by atoms with E-state index in [2.05, 4.69) is 20.8 Å². The zero-order chi connectivity index (χ0) is 37.6. The Labute approximate surface area is 290 Å². The second kappa shape index (κ2) is 16.3. The number of carbonyl (C=O) groups is 4. The number of nitrogen functional groups attached to an aromatic ring is 1. The van der Waals surface area contributed by atoms with Crippen LogP contribution in [-0.4, -0.2) is 95.0 Å². The maximum atomic E-state index is 13.7. The lowest BCUT2D eigenvalue weighted by Crippen LogP contribution is -2.45. The molecule has 1 aromatic carbocycles. The molecule has 0 aliphatic carbocycles. The van der Waals surface area contributed by atoms with Crippen molar-refractivity contribution in [2.24, 2.45) is 0 Å². The maximum absolute atomic E-state index is 13.7. The van der Waals surface area contributed by atoms with Crippen LogP contribution in [0.1, 0.15) is 39.8 Å². The summed E-state index contributed by atoms with van der Waals surface area (Å²) in [6, 6.07) is 5.13. The molecule has 3 heterocycles. The summed E-state index contributed by atoms with van der Waals surface area (Å²) in [6.07, 6.45) is -3.18. The van der Waals surface area contributed by atoms with Crippen molar-refractivity contribution >= 4 is 37.5 Å². The monoisotopic (exact) mass is 743 g/mol. The Morgan fingerprint density at radius 2 is 1.63 bits per heavy atom. The molecule has 280 valence electrons. The molecule has 2 aromatic rings. The Balaban J connectivity index is 1.47. The Morgan fingerprint density at radius 1 is 1.02 bits per heavy atom. The largest absolute Gasteiger partial charge is 0.651 e. The minimum Gasteiger partial charge on any atom is -0.481 e. The number of anilines is 1. The van der Waals surface area contributed by atoms with Gasteiger partial charge in [0.25, 0.3) is 0 Å². The summed E-state index contributed by atoms with van der Waals surface area (Å²) < 4.78 is 53.6. The van der Waals surface area contributed by atoms with E-state index in [-0.39, 0.29) is 11.6 Å². The number of phosphoric acid groups is 1. The number of aromatic nitrogens is 2. The molecule has 2 saturated heterocycles. The van der Waals surface area contributed by atoms with Crippen LogP contribution in [0.3, 0.4) is 0 Å². The molecule has 1 unspecified atom stereocenters. The third-order valence-corrected chi connectivity index (χ3v) is 8.53. The summed E-state index contributed by atoms with van der Waals surface area (Å²) in [5.41, 5.74) is 7.96. The molecule has 2 aliphatic rings. The van der Waals surface area contributed by atoms with Crippen LogP contribution in [0.15, 0.2) is 47.4 Å². The van der Waals surface area contributed by atoms with Gasteiger partial charge < -0.3 is 53.0 Å². The third kappa shape index (κ3) is 9.86. The summed E-state index contributed by atoms with van der Waals surface area (Å²) in [6.45, 7) is 4.54. The van der Waals surface area contributed by atoms with E-state index in [4.69, 9.17) is 48.2 Å². The SMILES string of the molecule is CON[C@@H](CC(=O)O)C(=O)OP(=O)(OC(=O)[C@H](CC(=O)OC[C@H]1O[C@@H](n2ccc(N)nc2=O)[C@]2(C)OC(C)(C)O[C@H]12)NOC)Oc1ccccc1. The molecule has 22 heteroatoms. The Bertz CT molecular complexity index is 1690. The minimum atomic E-state index is -5.23. The second-order valence-electron chi connectivity index (χ2n) is 11.7. The first-order chi connectivity index (χ1) is 24.0. The average Bonchev–Trinajstić information content (AvgIpc) is 3.44. The van der Waals surface area contributed by atoms with Crippen molar-refractivity contribution in [2.75, 3.05) is 26.6 Å². The number of nitrogens with zero attached hydrogens (tertiary/aromatic N) is 2. The minimum absolute atomic E-state index is 0.00488.